The first-order valence-corrected chi connectivity index (χ1v) is 8.94. The largest absolute Gasteiger partial charge is 0.383 e. The first kappa shape index (κ1) is 16.4. The van der Waals surface area contributed by atoms with Crippen LogP contribution in [0.1, 0.15) is 17.3 Å². The van der Waals surface area contributed by atoms with Crippen molar-refractivity contribution in [3.8, 4) is 0 Å². The van der Waals surface area contributed by atoms with Crippen LogP contribution >= 0.6 is 23.1 Å². The number of anilines is 2. The molecule has 0 saturated carbocycles. The molecule has 3 N–H and O–H groups in total. The molecule has 3 aromatic rings. The van der Waals surface area contributed by atoms with Crippen LogP contribution in [0.3, 0.4) is 0 Å². The van der Waals surface area contributed by atoms with Gasteiger partial charge >= 0.3 is 0 Å². The third kappa shape index (κ3) is 3.72. The van der Waals surface area contributed by atoms with E-state index >= 15 is 0 Å². The highest BCUT2D eigenvalue weighted by molar-refractivity contribution is 7.99. The molecule has 0 unspecified atom stereocenters. The lowest BCUT2D eigenvalue weighted by Gasteiger charge is -2.06. The number of rotatable bonds is 5. The van der Waals surface area contributed by atoms with Gasteiger partial charge in [-0.3, -0.25) is 9.59 Å². The number of nitrogens with zero attached hydrogens (tertiary/aromatic N) is 2. The number of Topliss-reactive ketones (excluding diaryl/α,β-unsaturated/α-hetero) is 1. The van der Waals surface area contributed by atoms with Gasteiger partial charge < -0.3 is 11.1 Å². The lowest BCUT2D eigenvalue weighted by molar-refractivity contribution is -0.113. The van der Waals surface area contributed by atoms with Crippen LogP contribution in [0.15, 0.2) is 40.9 Å². The molecule has 0 aliphatic heterocycles. The Labute approximate surface area is 146 Å². The van der Waals surface area contributed by atoms with Crippen LogP contribution in [0.25, 0.3) is 10.2 Å². The number of nitrogen functional groups attached to an aromatic ring is 1. The molecule has 24 heavy (non-hydrogen) atoms. The standard InChI is InChI=1S/C16H14N4O2S2/c1-9(21)10-3-2-4-11(7-10)18-13(22)8-24-16-19-14(17)12-5-6-23-15(12)20-16/h2-7H,8H2,1H3,(H,18,22)(H2,17,19,20). The molecule has 0 radical (unpaired) electrons. The van der Waals surface area contributed by atoms with E-state index in [-0.39, 0.29) is 17.4 Å². The van der Waals surface area contributed by atoms with Gasteiger partial charge in [-0.25, -0.2) is 9.97 Å². The van der Waals surface area contributed by atoms with Crippen molar-refractivity contribution in [2.45, 2.75) is 12.1 Å². The summed E-state index contributed by atoms with van der Waals surface area (Å²) in [7, 11) is 0. The van der Waals surface area contributed by atoms with Gasteiger partial charge in [0.05, 0.1) is 11.1 Å². The Morgan fingerprint density at radius 1 is 1.29 bits per heavy atom. The van der Waals surface area contributed by atoms with Crippen LogP contribution in [0.2, 0.25) is 0 Å². The van der Waals surface area contributed by atoms with Crippen LogP contribution in [0, 0.1) is 0 Å². The average molecular weight is 358 g/mol. The van der Waals surface area contributed by atoms with E-state index in [0.717, 1.165) is 10.2 Å². The van der Waals surface area contributed by atoms with Gasteiger partial charge in [0.15, 0.2) is 10.9 Å². The molecule has 0 fully saturated rings. The molecule has 0 atom stereocenters. The Balaban J connectivity index is 1.64. The van der Waals surface area contributed by atoms with Crippen molar-refractivity contribution >= 4 is 56.5 Å². The number of hydrogen-bond acceptors (Lipinski definition) is 7. The van der Waals surface area contributed by atoms with Gasteiger partial charge in [-0.1, -0.05) is 23.9 Å². The lowest BCUT2D eigenvalue weighted by atomic mass is 10.1. The highest BCUT2D eigenvalue weighted by atomic mass is 32.2. The number of amides is 1. The SMILES string of the molecule is CC(=O)c1cccc(NC(=O)CSc2nc(N)c3ccsc3n2)c1. The molecule has 2 aromatic heterocycles. The van der Waals surface area contributed by atoms with E-state index in [1.807, 2.05) is 11.4 Å². The fourth-order valence-electron chi connectivity index (χ4n) is 2.07. The van der Waals surface area contributed by atoms with E-state index in [4.69, 9.17) is 5.73 Å². The summed E-state index contributed by atoms with van der Waals surface area (Å²) in [6.07, 6.45) is 0. The second kappa shape index (κ2) is 6.98. The van der Waals surface area contributed by atoms with Crippen molar-refractivity contribution in [2.75, 3.05) is 16.8 Å². The molecule has 0 aliphatic rings. The number of thioether (sulfide) groups is 1. The van der Waals surface area contributed by atoms with Crippen LogP contribution in [0.4, 0.5) is 11.5 Å². The summed E-state index contributed by atoms with van der Waals surface area (Å²) in [6, 6.07) is 8.70. The quantitative estimate of drug-likeness (QED) is 0.413. The monoisotopic (exact) mass is 358 g/mol. The predicted molar refractivity (Wildman–Crippen MR) is 97.6 cm³/mol. The highest BCUT2D eigenvalue weighted by Gasteiger charge is 2.10. The van der Waals surface area contributed by atoms with E-state index < -0.39 is 0 Å². The number of nitrogens with two attached hydrogens (primary N) is 1. The fraction of sp³-hybridized carbons (Fsp3) is 0.125. The Kier molecular flexibility index (Phi) is 4.77. The van der Waals surface area contributed by atoms with Crippen LogP contribution in [0.5, 0.6) is 0 Å². The highest BCUT2D eigenvalue weighted by Crippen LogP contribution is 2.26. The number of aromatic nitrogens is 2. The van der Waals surface area contributed by atoms with Crippen LogP contribution in [-0.2, 0) is 4.79 Å². The number of carbonyl (C=O) groups is 2. The topological polar surface area (TPSA) is 98.0 Å². The second-order valence-corrected chi connectivity index (χ2v) is 6.84. The van der Waals surface area contributed by atoms with Crippen molar-refractivity contribution in [1.29, 1.82) is 0 Å². The minimum atomic E-state index is -0.200. The van der Waals surface area contributed by atoms with E-state index in [1.54, 1.807) is 24.3 Å². The number of nitrogens with one attached hydrogen (secondary N) is 1. The number of thiophene rings is 1. The van der Waals surface area contributed by atoms with Crippen LogP contribution in [-0.4, -0.2) is 27.4 Å². The zero-order valence-corrected chi connectivity index (χ0v) is 14.4. The normalized spacial score (nSPS) is 10.7. The van der Waals surface area contributed by atoms with E-state index in [9.17, 15) is 9.59 Å². The number of carbonyl (C=O) groups excluding carboxylic acids is 2. The van der Waals surface area contributed by atoms with Crippen molar-refractivity contribution in [3.05, 3.63) is 41.3 Å². The summed E-state index contributed by atoms with van der Waals surface area (Å²) in [5.41, 5.74) is 7.03. The number of fused-ring (bicyclic) bond motifs is 1. The summed E-state index contributed by atoms with van der Waals surface area (Å²) in [6.45, 7) is 1.49. The minimum absolute atomic E-state index is 0.0476. The Morgan fingerprint density at radius 3 is 2.92 bits per heavy atom. The van der Waals surface area contributed by atoms with Crippen molar-refractivity contribution in [3.63, 3.8) is 0 Å². The van der Waals surface area contributed by atoms with Crippen molar-refractivity contribution in [2.24, 2.45) is 0 Å². The maximum absolute atomic E-state index is 12.1. The van der Waals surface area contributed by atoms with Crippen molar-refractivity contribution < 1.29 is 9.59 Å². The molecule has 3 rings (SSSR count). The zero-order chi connectivity index (χ0) is 17.1. The molecule has 0 spiro atoms. The summed E-state index contributed by atoms with van der Waals surface area (Å²) in [5, 5.41) is 5.96. The third-order valence-corrected chi connectivity index (χ3v) is 4.87. The van der Waals surface area contributed by atoms with Gasteiger partial charge in [0.25, 0.3) is 0 Å². The van der Waals surface area contributed by atoms with E-state index in [2.05, 4.69) is 15.3 Å². The third-order valence-electron chi connectivity index (χ3n) is 3.22. The molecule has 0 bridgehead atoms. The van der Waals surface area contributed by atoms with Gasteiger partial charge in [-0.05, 0) is 30.5 Å². The molecule has 6 nitrogen and oxygen atoms in total. The fourth-order valence-corrected chi connectivity index (χ4v) is 3.55. The smallest absolute Gasteiger partial charge is 0.234 e. The summed E-state index contributed by atoms with van der Waals surface area (Å²) in [4.78, 5) is 32.8. The Hall–Kier alpha value is -2.45. The molecule has 1 aromatic carbocycles. The summed E-state index contributed by atoms with van der Waals surface area (Å²) < 4.78 is 0. The predicted octanol–water partition coefficient (Wildman–Crippen LogP) is 3.21. The number of ketones is 1. The Bertz CT molecular complexity index is 923. The molecular weight excluding hydrogens is 344 g/mol. The average Bonchev–Trinajstić information content (AvgIpc) is 3.02. The van der Waals surface area contributed by atoms with Gasteiger partial charge in [0, 0.05) is 11.3 Å². The summed E-state index contributed by atoms with van der Waals surface area (Å²) in [5.74, 6) is 0.321. The van der Waals surface area contributed by atoms with E-state index in [0.29, 0.717) is 22.2 Å². The van der Waals surface area contributed by atoms with Crippen LogP contribution < -0.4 is 11.1 Å². The molecular formula is C16H14N4O2S2. The Morgan fingerprint density at radius 2 is 2.12 bits per heavy atom. The number of hydrogen-bond donors (Lipinski definition) is 2. The van der Waals surface area contributed by atoms with Gasteiger partial charge in [0.2, 0.25) is 5.91 Å². The maximum Gasteiger partial charge on any atom is 0.234 e. The van der Waals surface area contributed by atoms with Gasteiger partial charge in [0.1, 0.15) is 10.6 Å². The molecule has 2 heterocycles. The number of benzene rings is 1. The second-order valence-electron chi connectivity index (χ2n) is 5.00. The molecule has 0 aliphatic carbocycles. The molecule has 122 valence electrons. The van der Waals surface area contributed by atoms with E-state index in [1.165, 1.54) is 30.0 Å². The first-order valence-electron chi connectivity index (χ1n) is 7.07. The maximum atomic E-state index is 12.1. The van der Waals surface area contributed by atoms with Crippen molar-refractivity contribution in [1.82, 2.24) is 9.97 Å². The zero-order valence-electron chi connectivity index (χ0n) is 12.8. The molecule has 8 heteroatoms. The molecule has 1 amide bonds. The van der Waals surface area contributed by atoms with Gasteiger partial charge in [-0.15, -0.1) is 11.3 Å². The summed E-state index contributed by atoms with van der Waals surface area (Å²) >= 11 is 2.70. The first-order chi connectivity index (χ1) is 11.5. The van der Waals surface area contributed by atoms with Gasteiger partial charge in [-0.2, -0.15) is 0 Å². The molecule has 0 saturated heterocycles. The minimum Gasteiger partial charge on any atom is -0.383 e. The lowest BCUT2D eigenvalue weighted by Crippen LogP contribution is -2.14.